The number of carbonyl (C=O) groups excluding carboxylic acids is 1. The molecule has 0 saturated carbocycles. The number of hydrogen-bond acceptors (Lipinski definition) is 4. The zero-order valence-electron chi connectivity index (χ0n) is 15.2. The van der Waals surface area contributed by atoms with E-state index in [0.29, 0.717) is 13.0 Å². The van der Waals surface area contributed by atoms with Gasteiger partial charge in [0.1, 0.15) is 5.65 Å². The Labute approximate surface area is 152 Å². The number of piperidine rings is 1. The molecule has 0 aliphatic carbocycles. The molecule has 0 spiro atoms. The highest BCUT2D eigenvalue weighted by atomic mass is 16.2. The molecule has 1 atom stereocenters. The van der Waals surface area contributed by atoms with Crippen molar-refractivity contribution in [1.82, 2.24) is 24.3 Å². The van der Waals surface area contributed by atoms with Crippen molar-refractivity contribution < 1.29 is 4.79 Å². The molecule has 1 saturated heterocycles. The fourth-order valence-corrected chi connectivity index (χ4v) is 3.76. The van der Waals surface area contributed by atoms with Gasteiger partial charge in [0.2, 0.25) is 5.91 Å². The quantitative estimate of drug-likeness (QED) is 0.729. The van der Waals surface area contributed by atoms with Gasteiger partial charge in [-0.25, -0.2) is 4.98 Å². The number of aryl methyl sites for hydroxylation is 2. The van der Waals surface area contributed by atoms with Gasteiger partial charge in [-0.15, -0.1) is 0 Å². The smallest absolute Gasteiger partial charge is 0.228 e. The van der Waals surface area contributed by atoms with Crippen LogP contribution < -0.4 is 0 Å². The van der Waals surface area contributed by atoms with Crippen LogP contribution in [0.2, 0.25) is 0 Å². The molecule has 1 amide bonds. The van der Waals surface area contributed by atoms with Gasteiger partial charge in [0.05, 0.1) is 29.2 Å². The first-order valence-electron chi connectivity index (χ1n) is 9.10. The number of fused-ring (bicyclic) bond motifs is 1. The van der Waals surface area contributed by atoms with Crippen molar-refractivity contribution in [3.63, 3.8) is 0 Å². The van der Waals surface area contributed by atoms with Crippen LogP contribution in [0.4, 0.5) is 0 Å². The zero-order valence-corrected chi connectivity index (χ0v) is 15.2. The molecular formula is C20H23N5O. The summed E-state index contributed by atoms with van der Waals surface area (Å²) < 4.78 is 2.01. The first-order chi connectivity index (χ1) is 12.6. The molecule has 0 unspecified atom stereocenters. The third-order valence-corrected chi connectivity index (χ3v) is 5.11. The van der Waals surface area contributed by atoms with Crippen LogP contribution in [-0.2, 0) is 11.2 Å². The largest absolute Gasteiger partial charge is 0.342 e. The predicted octanol–water partition coefficient (Wildman–Crippen LogP) is 2.69. The van der Waals surface area contributed by atoms with E-state index in [-0.39, 0.29) is 11.8 Å². The lowest BCUT2D eigenvalue weighted by atomic mass is 9.94. The fourth-order valence-electron chi connectivity index (χ4n) is 3.76. The molecule has 0 N–H and O–H groups in total. The lowest BCUT2D eigenvalue weighted by Crippen LogP contribution is -2.40. The summed E-state index contributed by atoms with van der Waals surface area (Å²) in [6.45, 7) is 5.45. The van der Waals surface area contributed by atoms with Crippen LogP contribution in [0, 0.1) is 13.8 Å². The van der Waals surface area contributed by atoms with Crippen molar-refractivity contribution in [3.05, 3.63) is 59.6 Å². The number of carbonyl (C=O) groups is 1. The average molecular weight is 349 g/mol. The normalized spacial score (nSPS) is 17.6. The highest BCUT2D eigenvalue weighted by Crippen LogP contribution is 2.26. The van der Waals surface area contributed by atoms with Gasteiger partial charge in [-0.2, -0.15) is 0 Å². The van der Waals surface area contributed by atoms with Gasteiger partial charge >= 0.3 is 0 Å². The van der Waals surface area contributed by atoms with Gasteiger partial charge in [-0.1, -0.05) is 6.07 Å². The van der Waals surface area contributed by atoms with Crippen molar-refractivity contribution >= 4 is 11.6 Å². The second-order valence-electron chi connectivity index (χ2n) is 7.01. The van der Waals surface area contributed by atoms with E-state index in [4.69, 9.17) is 0 Å². The van der Waals surface area contributed by atoms with Crippen LogP contribution in [-0.4, -0.2) is 43.2 Å². The summed E-state index contributed by atoms with van der Waals surface area (Å²) in [5.74, 6) is 0.424. The SMILES string of the molecule is Cc1cncc([C@H]2CCCN(C(=O)Cc3c(C)nc4ccccn34)C2)n1. The molecule has 4 rings (SSSR count). The van der Waals surface area contributed by atoms with Crippen LogP contribution in [0.25, 0.3) is 5.65 Å². The van der Waals surface area contributed by atoms with E-state index in [9.17, 15) is 4.79 Å². The zero-order chi connectivity index (χ0) is 18.1. The molecule has 3 aromatic rings. The van der Waals surface area contributed by atoms with Gasteiger partial charge < -0.3 is 9.30 Å². The Kier molecular flexibility index (Phi) is 4.41. The van der Waals surface area contributed by atoms with E-state index >= 15 is 0 Å². The summed E-state index contributed by atoms with van der Waals surface area (Å²) in [6.07, 6.45) is 8.00. The van der Waals surface area contributed by atoms with Crippen molar-refractivity contribution in [2.45, 2.75) is 39.0 Å². The molecule has 134 valence electrons. The fraction of sp³-hybridized carbons (Fsp3) is 0.400. The number of pyridine rings is 1. The first kappa shape index (κ1) is 16.7. The Bertz CT molecular complexity index is 948. The average Bonchev–Trinajstić information content (AvgIpc) is 2.97. The Morgan fingerprint density at radius 2 is 2.12 bits per heavy atom. The lowest BCUT2D eigenvalue weighted by Gasteiger charge is -2.32. The number of amides is 1. The van der Waals surface area contributed by atoms with Crippen molar-refractivity contribution in [1.29, 1.82) is 0 Å². The minimum Gasteiger partial charge on any atom is -0.342 e. The second-order valence-corrected chi connectivity index (χ2v) is 7.01. The summed E-state index contributed by atoms with van der Waals surface area (Å²) in [6, 6.07) is 5.90. The van der Waals surface area contributed by atoms with Gasteiger partial charge in [0.25, 0.3) is 0 Å². The minimum atomic E-state index is 0.157. The van der Waals surface area contributed by atoms with Crippen molar-refractivity contribution in [3.8, 4) is 0 Å². The number of nitrogens with zero attached hydrogens (tertiary/aromatic N) is 5. The van der Waals surface area contributed by atoms with E-state index in [0.717, 1.165) is 47.8 Å². The molecule has 1 fully saturated rings. The van der Waals surface area contributed by atoms with Gasteiger partial charge in [-0.3, -0.25) is 14.8 Å². The first-order valence-corrected chi connectivity index (χ1v) is 9.10. The Morgan fingerprint density at radius 3 is 2.96 bits per heavy atom. The second kappa shape index (κ2) is 6.86. The standard InChI is InChI=1S/C20H23N5O/c1-14-11-21-12-17(22-14)16-6-5-8-24(13-16)20(26)10-18-15(2)23-19-7-3-4-9-25(18)19/h3-4,7,9,11-12,16H,5-6,8,10,13H2,1-2H3/t16-/m0/s1. The minimum absolute atomic E-state index is 0.157. The van der Waals surface area contributed by atoms with Gasteiger partial charge in [-0.05, 0) is 38.8 Å². The molecule has 0 radical (unpaired) electrons. The number of imidazole rings is 1. The van der Waals surface area contributed by atoms with Gasteiger partial charge in [0.15, 0.2) is 0 Å². The Hall–Kier alpha value is -2.76. The third-order valence-electron chi connectivity index (χ3n) is 5.11. The summed E-state index contributed by atoms with van der Waals surface area (Å²) in [4.78, 5) is 28.3. The Balaban J connectivity index is 1.51. The summed E-state index contributed by atoms with van der Waals surface area (Å²) in [7, 11) is 0. The molecule has 0 bridgehead atoms. The molecular weight excluding hydrogens is 326 g/mol. The maximum absolute atomic E-state index is 13.0. The number of likely N-dealkylation sites (tertiary alicyclic amines) is 1. The summed E-state index contributed by atoms with van der Waals surface area (Å²) >= 11 is 0. The third kappa shape index (κ3) is 3.19. The van der Waals surface area contributed by atoms with E-state index in [1.807, 2.05) is 53.7 Å². The lowest BCUT2D eigenvalue weighted by molar-refractivity contribution is -0.131. The molecule has 4 heterocycles. The molecule has 3 aromatic heterocycles. The topological polar surface area (TPSA) is 63.4 Å². The highest BCUT2D eigenvalue weighted by Gasteiger charge is 2.26. The molecule has 1 aliphatic heterocycles. The maximum atomic E-state index is 13.0. The number of aromatic nitrogens is 4. The molecule has 26 heavy (non-hydrogen) atoms. The van der Waals surface area contributed by atoms with Crippen LogP contribution in [0.15, 0.2) is 36.8 Å². The van der Waals surface area contributed by atoms with Crippen molar-refractivity contribution in [2.24, 2.45) is 0 Å². The number of hydrogen-bond donors (Lipinski definition) is 0. The Morgan fingerprint density at radius 1 is 1.23 bits per heavy atom. The highest BCUT2D eigenvalue weighted by molar-refractivity contribution is 5.79. The predicted molar refractivity (Wildman–Crippen MR) is 99.0 cm³/mol. The van der Waals surface area contributed by atoms with E-state index in [1.165, 1.54) is 0 Å². The van der Waals surface area contributed by atoms with Crippen LogP contribution in [0.1, 0.15) is 41.5 Å². The summed E-state index contributed by atoms with van der Waals surface area (Å²) in [5.41, 5.74) is 4.70. The molecule has 6 heteroatoms. The van der Waals surface area contributed by atoms with Crippen LogP contribution >= 0.6 is 0 Å². The van der Waals surface area contributed by atoms with E-state index in [2.05, 4.69) is 15.0 Å². The molecule has 1 aliphatic rings. The van der Waals surface area contributed by atoms with Crippen molar-refractivity contribution in [2.75, 3.05) is 13.1 Å². The molecule has 0 aromatic carbocycles. The number of rotatable bonds is 3. The monoisotopic (exact) mass is 349 g/mol. The van der Waals surface area contributed by atoms with E-state index < -0.39 is 0 Å². The molecule has 6 nitrogen and oxygen atoms in total. The van der Waals surface area contributed by atoms with E-state index in [1.54, 1.807) is 6.20 Å². The summed E-state index contributed by atoms with van der Waals surface area (Å²) in [5, 5.41) is 0. The maximum Gasteiger partial charge on any atom is 0.228 e. The van der Waals surface area contributed by atoms with Crippen LogP contribution in [0.5, 0.6) is 0 Å². The van der Waals surface area contributed by atoms with Crippen LogP contribution in [0.3, 0.4) is 0 Å². The van der Waals surface area contributed by atoms with Gasteiger partial charge in [0, 0.05) is 37.6 Å².